The molecule has 3 nitrogen and oxygen atoms in total. The number of hydrogen-bond acceptors (Lipinski definition) is 3. The molecule has 2 aromatic rings. The van der Waals surface area contributed by atoms with Crippen molar-refractivity contribution in [1.29, 1.82) is 0 Å². The van der Waals surface area contributed by atoms with E-state index in [1.807, 2.05) is 18.0 Å². The Bertz CT molecular complexity index is 784. The van der Waals surface area contributed by atoms with Gasteiger partial charge in [0.2, 0.25) is 0 Å². The average molecular weight is 313 g/mol. The van der Waals surface area contributed by atoms with Gasteiger partial charge in [0, 0.05) is 17.8 Å². The van der Waals surface area contributed by atoms with Crippen molar-refractivity contribution in [2.24, 2.45) is 4.99 Å². The van der Waals surface area contributed by atoms with E-state index in [1.165, 1.54) is 24.3 Å². The molecule has 0 aromatic heterocycles. The van der Waals surface area contributed by atoms with Crippen LogP contribution in [0.5, 0.6) is 0 Å². The molecule has 0 amide bonds. The monoisotopic (exact) mass is 313 g/mol. The summed E-state index contributed by atoms with van der Waals surface area (Å²) in [5, 5.41) is 3.10. The standard InChI is InChI=1S/C18H17F2N3/c1-12-16-9-15(20)6-7-17(16)22-18(21-12)11-23(2)10-13-4-3-5-14(19)8-13/h3-9H,1,10-11H2,2H3,(H,21,22). The maximum absolute atomic E-state index is 13.3. The highest BCUT2D eigenvalue weighted by atomic mass is 19.1. The Morgan fingerprint density at radius 3 is 2.65 bits per heavy atom. The fraction of sp³-hybridized carbons (Fsp3) is 0.167. The highest BCUT2D eigenvalue weighted by Crippen LogP contribution is 2.28. The lowest BCUT2D eigenvalue weighted by Crippen LogP contribution is -2.35. The number of rotatable bonds is 4. The van der Waals surface area contributed by atoms with Crippen molar-refractivity contribution in [2.45, 2.75) is 6.54 Å². The van der Waals surface area contributed by atoms with E-state index in [-0.39, 0.29) is 11.6 Å². The summed E-state index contributed by atoms with van der Waals surface area (Å²) >= 11 is 0. The van der Waals surface area contributed by atoms with Crippen LogP contribution in [0.15, 0.2) is 54.0 Å². The molecule has 23 heavy (non-hydrogen) atoms. The molecular weight excluding hydrogens is 296 g/mol. The molecule has 0 atom stereocenters. The first kappa shape index (κ1) is 15.4. The number of benzene rings is 2. The van der Waals surface area contributed by atoms with Gasteiger partial charge in [-0.3, -0.25) is 4.90 Å². The molecular formula is C18H17F2N3. The van der Waals surface area contributed by atoms with Gasteiger partial charge in [-0.1, -0.05) is 18.7 Å². The second-order valence-corrected chi connectivity index (χ2v) is 5.63. The molecule has 0 saturated heterocycles. The zero-order chi connectivity index (χ0) is 16.4. The Morgan fingerprint density at radius 2 is 1.87 bits per heavy atom. The van der Waals surface area contributed by atoms with E-state index in [9.17, 15) is 8.78 Å². The lowest BCUT2D eigenvalue weighted by atomic mass is 10.1. The van der Waals surface area contributed by atoms with Crippen LogP contribution in [-0.2, 0) is 6.54 Å². The van der Waals surface area contributed by atoms with Crippen LogP contribution in [0.2, 0.25) is 0 Å². The largest absolute Gasteiger partial charge is 0.343 e. The fourth-order valence-electron chi connectivity index (χ4n) is 2.60. The first-order valence-electron chi connectivity index (χ1n) is 7.27. The van der Waals surface area contributed by atoms with Crippen molar-refractivity contribution >= 4 is 17.2 Å². The number of aliphatic imine (C=N–C) groups is 1. The van der Waals surface area contributed by atoms with Gasteiger partial charge in [0.15, 0.2) is 0 Å². The van der Waals surface area contributed by atoms with Gasteiger partial charge < -0.3 is 5.32 Å². The lowest BCUT2D eigenvalue weighted by molar-refractivity contribution is 0.371. The SMILES string of the molecule is C=C1NC(CN(C)Cc2cccc(F)c2)=Nc2ccc(F)cc21. The highest BCUT2D eigenvalue weighted by molar-refractivity contribution is 5.98. The topological polar surface area (TPSA) is 27.6 Å². The number of amidine groups is 1. The smallest absolute Gasteiger partial charge is 0.124 e. The normalized spacial score (nSPS) is 13.6. The Hall–Kier alpha value is -2.53. The molecule has 0 saturated carbocycles. The second-order valence-electron chi connectivity index (χ2n) is 5.63. The first-order valence-corrected chi connectivity index (χ1v) is 7.27. The average Bonchev–Trinajstić information content (AvgIpc) is 2.48. The number of halogens is 2. The van der Waals surface area contributed by atoms with Crippen molar-refractivity contribution in [3.8, 4) is 0 Å². The Balaban J connectivity index is 1.73. The summed E-state index contributed by atoms with van der Waals surface area (Å²) in [4.78, 5) is 6.51. The molecule has 0 aliphatic carbocycles. The van der Waals surface area contributed by atoms with E-state index in [2.05, 4.69) is 16.9 Å². The van der Waals surface area contributed by atoms with E-state index >= 15 is 0 Å². The predicted molar refractivity (Wildman–Crippen MR) is 88.4 cm³/mol. The number of hydrogen-bond donors (Lipinski definition) is 1. The minimum atomic E-state index is -0.312. The van der Waals surface area contributed by atoms with Gasteiger partial charge in [-0.2, -0.15) is 0 Å². The molecule has 3 rings (SSSR count). The Kier molecular flexibility index (Phi) is 4.21. The third-order valence-electron chi connectivity index (χ3n) is 3.60. The quantitative estimate of drug-likeness (QED) is 0.932. The summed E-state index contributed by atoms with van der Waals surface area (Å²) in [6.45, 7) is 5.07. The third-order valence-corrected chi connectivity index (χ3v) is 3.60. The van der Waals surface area contributed by atoms with Crippen molar-refractivity contribution in [1.82, 2.24) is 10.2 Å². The van der Waals surface area contributed by atoms with Crippen molar-refractivity contribution in [2.75, 3.05) is 13.6 Å². The first-order chi connectivity index (χ1) is 11.0. The molecule has 0 bridgehead atoms. The number of fused-ring (bicyclic) bond motifs is 1. The van der Waals surface area contributed by atoms with Gasteiger partial charge in [0.1, 0.15) is 17.5 Å². The summed E-state index contributed by atoms with van der Waals surface area (Å²) in [7, 11) is 1.93. The van der Waals surface area contributed by atoms with E-state index in [1.54, 1.807) is 12.1 Å². The molecule has 1 heterocycles. The molecule has 0 spiro atoms. The summed E-state index contributed by atoms with van der Waals surface area (Å²) in [6.07, 6.45) is 0. The maximum atomic E-state index is 13.3. The predicted octanol–water partition coefficient (Wildman–Crippen LogP) is 3.70. The van der Waals surface area contributed by atoms with Crippen LogP contribution in [0.25, 0.3) is 5.70 Å². The molecule has 2 aromatic carbocycles. The lowest BCUT2D eigenvalue weighted by Gasteiger charge is -2.24. The molecule has 0 fully saturated rings. The van der Waals surface area contributed by atoms with E-state index in [4.69, 9.17) is 0 Å². The third kappa shape index (κ3) is 3.63. The zero-order valence-corrected chi connectivity index (χ0v) is 12.8. The van der Waals surface area contributed by atoms with Gasteiger partial charge in [-0.05, 0) is 42.9 Å². The van der Waals surface area contributed by atoms with E-state index in [0.717, 1.165) is 11.4 Å². The van der Waals surface area contributed by atoms with Crippen LogP contribution in [0.3, 0.4) is 0 Å². The fourth-order valence-corrected chi connectivity index (χ4v) is 2.60. The van der Waals surface area contributed by atoms with Crippen LogP contribution in [0, 0.1) is 11.6 Å². The van der Waals surface area contributed by atoms with Gasteiger partial charge in [0.25, 0.3) is 0 Å². The molecule has 0 radical (unpaired) electrons. The zero-order valence-electron chi connectivity index (χ0n) is 12.8. The minimum absolute atomic E-state index is 0.242. The van der Waals surface area contributed by atoms with Crippen LogP contribution in [0.4, 0.5) is 14.5 Å². The number of likely N-dealkylation sites (N-methyl/N-ethyl adjacent to an activating group) is 1. The Labute approximate surface area is 134 Å². The number of nitrogens with zero attached hydrogens (tertiary/aromatic N) is 2. The summed E-state index contributed by atoms with van der Waals surface area (Å²) in [5.41, 5.74) is 2.89. The van der Waals surface area contributed by atoms with Gasteiger partial charge >= 0.3 is 0 Å². The molecule has 5 heteroatoms. The van der Waals surface area contributed by atoms with Crippen LogP contribution in [-0.4, -0.2) is 24.3 Å². The molecule has 118 valence electrons. The summed E-state index contributed by atoms with van der Waals surface area (Å²) < 4.78 is 26.5. The molecule has 1 N–H and O–H groups in total. The molecule has 1 aliphatic heterocycles. The summed E-state index contributed by atoms with van der Waals surface area (Å²) in [5.74, 6) is 0.176. The van der Waals surface area contributed by atoms with E-state index < -0.39 is 0 Å². The second kappa shape index (κ2) is 6.30. The summed E-state index contributed by atoms with van der Waals surface area (Å²) in [6, 6.07) is 11.0. The van der Waals surface area contributed by atoms with Crippen LogP contribution >= 0.6 is 0 Å². The van der Waals surface area contributed by atoms with Crippen molar-refractivity contribution in [3.63, 3.8) is 0 Å². The molecule has 1 aliphatic rings. The van der Waals surface area contributed by atoms with E-state index in [0.29, 0.717) is 30.0 Å². The molecule has 0 unspecified atom stereocenters. The van der Waals surface area contributed by atoms with Crippen molar-refractivity contribution in [3.05, 3.63) is 71.8 Å². The minimum Gasteiger partial charge on any atom is -0.343 e. The van der Waals surface area contributed by atoms with Crippen LogP contribution in [0.1, 0.15) is 11.1 Å². The number of nitrogens with one attached hydrogen (secondary N) is 1. The van der Waals surface area contributed by atoms with Gasteiger partial charge in [-0.25, -0.2) is 13.8 Å². The highest BCUT2D eigenvalue weighted by Gasteiger charge is 2.16. The maximum Gasteiger partial charge on any atom is 0.124 e. The Morgan fingerprint density at radius 1 is 1.09 bits per heavy atom. The van der Waals surface area contributed by atoms with Gasteiger partial charge in [0.05, 0.1) is 12.2 Å². The van der Waals surface area contributed by atoms with Gasteiger partial charge in [-0.15, -0.1) is 0 Å². The van der Waals surface area contributed by atoms with Crippen molar-refractivity contribution < 1.29 is 8.78 Å². The van der Waals surface area contributed by atoms with Crippen LogP contribution < -0.4 is 5.32 Å².